The fraction of sp³-hybridized carbons (Fsp3) is 0.480. The van der Waals surface area contributed by atoms with Gasteiger partial charge in [0.25, 0.3) is 5.91 Å². The van der Waals surface area contributed by atoms with Gasteiger partial charge < -0.3 is 31.6 Å². The first-order valence-electron chi connectivity index (χ1n) is 12.2. The van der Waals surface area contributed by atoms with Crippen molar-refractivity contribution >= 4 is 35.4 Å². The highest BCUT2D eigenvalue weighted by Gasteiger charge is 2.25. The number of nitrogen functional groups attached to an aromatic ring is 2. The van der Waals surface area contributed by atoms with E-state index in [1.165, 1.54) is 0 Å². The maximum atomic E-state index is 12.7. The second-order valence-electron chi connectivity index (χ2n) is 8.60. The first-order valence-corrected chi connectivity index (χ1v) is 12.2. The normalized spacial score (nSPS) is 15.2. The summed E-state index contributed by atoms with van der Waals surface area (Å²) in [6.45, 7) is 4.59. The minimum atomic E-state index is -0.935. The number of aromatic nitrogens is 2. The van der Waals surface area contributed by atoms with Crippen LogP contribution in [0.3, 0.4) is 0 Å². The van der Waals surface area contributed by atoms with Crippen LogP contribution >= 0.6 is 0 Å². The molecule has 2 aromatic rings. The summed E-state index contributed by atoms with van der Waals surface area (Å²) < 4.78 is 9.95. The molecule has 1 unspecified atom stereocenters. The quantitative estimate of drug-likeness (QED) is 0.335. The monoisotopic (exact) mass is 498 g/mol. The second kappa shape index (κ2) is 12.7. The summed E-state index contributed by atoms with van der Waals surface area (Å²) in [4.78, 5) is 45.0. The molecule has 1 aliphatic rings. The van der Waals surface area contributed by atoms with Crippen LogP contribution in [0.2, 0.25) is 0 Å². The van der Waals surface area contributed by atoms with Gasteiger partial charge in [-0.05, 0) is 63.1 Å². The summed E-state index contributed by atoms with van der Waals surface area (Å²) in [5, 5.41) is 5.96. The second-order valence-corrected chi connectivity index (χ2v) is 8.60. The fourth-order valence-electron chi connectivity index (χ4n) is 4.09. The number of fused-ring (bicyclic) bond motifs is 1. The number of aryl methyl sites for hydroxylation is 1. The van der Waals surface area contributed by atoms with E-state index in [1.807, 2.05) is 12.1 Å². The highest BCUT2D eigenvalue weighted by atomic mass is 16.5. The lowest BCUT2D eigenvalue weighted by Gasteiger charge is -2.26. The Hall–Kier alpha value is -3.89. The van der Waals surface area contributed by atoms with Gasteiger partial charge in [-0.1, -0.05) is 12.1 Å². The molecule has 11 nitrogen and oxygen atoms in total. The highest BCUT2D eigenvalue weighted by molar-refractivity contribution is 5.96. The summed E-state index contributed by atoms with van der Waals surface area (Å²) in [6, 6.07) is 6.31. The van der Waals surface area contributed by atoms with Gasteiger partial charge in [0.2, 0.25) is 5.95 Å². The number of carbonyl (C=O) groups excluding carboxylic acids is 3. The largest absolute Gasteiger partial charge is 0.466 e. The van der Waals surface area contributed by atoms with Crippen molar-refractivity contribution in [1.29, 1.82) is 0 Å². The maximum absolute atomic E-state index is 12.7. The molecule has 194 valence electrons. The summed E-state index contributed by atoms with van der Waals surface area (Å²) in [5.74, 6) is 0.216. The third kappa shape index (κ3) is 7.30. The van der Waals surface area contributed by atoms with Crippen LogP contribution in [-0.2, 0) is 31.9 Å². The fourth-order valence-corrected chi connectivity index (χ4v) is 4.09. The standard InChI is InChI=1S/C25H34N6O5/c1-3-35-20(32)12-11-19(24(34)36-4-2)29-23(33)17-9-7-15(8-10-17)5-6-16-13-18-21(26)30-25(27)31-22(18)28-14-16/h7-10,16,19H,3-6,11-14H2,1-2H3,(H,29,33)(H5,26,27,28,30,31)/t16?,19-/m1/s1. The van der Waals surface area contributed by atoms with Gasteiger partial charge in [0, 0.05) is 24.1 Å². The molecule has 6 N–H and O–H groups in total. The van der Waals surface area contributed by atoms with Gasteiger partial charge >= 0.3 is 11.9 Å². The molecule has 0 saturated heterocycles. The summed E-state index contributed by atoms with van der Waals surface area (Å²) >= 11 is 0. The maximum Gasteiger partial charge on any atom is 0.328 e. The van der Waals surface area contributed by atoms with E-state index >= 15 is 0 Å². The third-order valence-corrected chi connectivity index (χ3v) is 5.98. The zero-order valence-corrected chi connectivity index (χ0v) is 20.7. The molecule has 1 aromatic carbocycles. The molecule has 0 saturated carbocycles. The average Bonchev–Trinajstić information content (AvgIpc) is 2.85. The molecule has 1 aromatic heterocycles. The van der Waals surface area contributed by atoms with E-state index in [1.54, 1.807) is 26.0 Å². The van der Waals surface area contributed by atoms with Crippen molar-refractivity contribution < 1.29 is 23.9 Å². The Morgan fingerprint density at radius 1 is 1.11 bits per heavy atom. The minimum Gasteiger partial charge on any atom is -0.466 e. The van der Waals surface area contributed by atoms with E-state index in [0.717, 1.165) is 36.9 Å². The van der Waals surface area contributed by atoms with Crippen LogP contribution in [0.4, 0.5) is 17.6 Å². The number of amides is 1. The Morgan fingerprint density at radius 3 is 2.53 bits per heavy atom. The van der Waals surface area contributed by atoms with Crippen LogP contribution in [0.1, 0.15) is 54.6 Å². The summed E-state index contributed by atoms with van der Waals surface area (Å²) in [7, 11) is 0. The Balaban J connectivity index is 1.54. The number of nitrogens with one attached hydrogen (secondary N) is 2. The van der Waals surface area contributed by atoms with Gasteiger partial charge in [-0.2, -0.15) is 9.97 Å². The predicted octanol–water partition coefficient (Wildman–Crippen LogP) is 1.86. The van der Waals surface area contributed by atoms with Gasteiger partial charge in [-0.15, -0.1) is 0 Å². The molecule has 0 spiro atoms. The summed E-state index contributed by atoms with van der Waals surface area (Å²) in [6.07, 6.45) is 2.62. The van der Waals surface area contributed by atoms with Crippen LogP contribution in [0.25, 0.3) is 0 Å². The van der Waals surface area contributed by atoms with E-state index < -0.39 is 23.9 Å². The first kappa shape index (κ1) is 26.7. The van der Waals surface area contributed by atoms with Crippen LogP contribution in [-0.4, -0.2) is 53.6 Å². The van der Waals surface area contributed by atoms with Crippen molar-refractivity contribution in [2.75, 3.05) is 36.5 Å². The minimum absolute atomic E-state index is 0.00218. The predicted molar refractivity (Wildman–Crippen MR) is 135 cm³/mol. The molecule has 3 rings (SSSR count). The number of benzene rings is 1. The molecule has 0 bridgehead atoms. The van der Waals surface area contributed by atoms with Crippen molar-refractivity contribution in [1.82, 2.24) is 15.3 Å². The van der Waals surface area contributed by atoms with Crippen LogP contribution in [0.15, 0.2) is 24.3 Å². The SMILES string of the molecule is CCOC(=O)CC[C@@H](NC(=O)c1ccc(CCC2CNc3nc(N)nc(N)c3C2)cc1)C(=O)OCC. The molecular formula is C25H34N6O5. The van der Waals surface area contributed by atoms with Crippen molar-refractivity contribution in [3.05, 3.63) is 41.0 Å². The third-order valence-electron chi connectivity index (χ3n) is 5.98. The van der Waals surface area contributed by atoms with Gasteiger partial charge in [0.1, 0.15) is 17.7 Å². The number of anilines is 3. The Morgan fingerprint density at radius 2 is 1.83 bits per heavy atom. The Bertz CT molecular complexity index is 1080. The first-order chi connectivity index (χ1) is 17.3. The Kier molecular flexibility index (Phi) is 9.43. The molecule has 1 aliphatic heterocycles. The zero-order chi connectivity index (χ0) is 26.1. The van der Waals surface area contributed by atoms with Crippen molar-refractivity contribution in [2.24, 2.45) is 5.92 Å². The zero-order valence-electron chi connectivity index (χ0n) is 20.7. The number of nitrogens with two attached hydrogens (primary N) is 2. The number of esters is 2. The van der Waals surface area contributed by atoms with E-state index in [0.29, 0.717) is 23.1 Å². The number of hydrogen-bond donors (Lipinski definition) is 4. The van der Waals surface area contributed by atoms with Gasteiger partial charge in [0.05, 0.1) is 13.2 Å². The van der Waals surface area contributed by atoms with E-state index in [2.05, 4.69) is 20.6 Å². The van der Waals surface area contributed by atoms with Crippen molar-refractivity contribution in [3.63, 3.8) is 0 Å². The molecule has 11 heteroatoms. The number of hydrogen-bond acceptors (Lipinski definition) is 10. The Labute approximate surface area is 210 Å². The highest BCUT2D eigenvalue weighted by Crippen LogP contribution is 2.29. The van der Waals surface area contributed by atoms with Crippen LogP contribution in [0.5, 0.6) is 0 Å². The van der Waals surface area contributed by atoms with Gasteiger partial charge in [0.15, 0.2) is 0 Å². The molecule has 2 heterocycles. The molecule has 36 heavy (non-hydrogen) atoms. The molecule has 0 fully saturated rings. The summed E-state index contributed by atoms with van der Waals surface area (Å²) in [5.41, 5.74) is 14.1. The van der Waals surface area contributed by atoms with Gasteiger partial charge in [-0.3, -0.25) is 9.59 Å². The van der Waals surface area contributed by atoms with E-state index in [4.69, 9.17) is 20.9 Å². The van der Waals surface area contributed by atoms with Gasteiger partial charge in [-0.25, -0.2) is 4.79 Å². The van der Waals surface area contributed by atoms with E-state index in [9.17, 15) is 14.4 Å². The number of nitrogens with zero attached hydrogens (tertiary/aromatic N) is 2. The molecule has 2 atom stereocenters. The topological polar surface area (TPSA) is 172 Å². The average molecular weight is 499 g/mol. The molecule has 0 radical (unpaired) electrons. The van der Waals surface area contributed by atoms with Crippen molar-refractivity contribution in [2.45, 2.75) is 52.0 Å². The number of rotatable bonds is 11. The van der Waals surface area contributed by atoms with Crippen LogP contribution in [0, 0.1) is 5.92 Å². The number of carbonyl (C=O) groups is 3. The molecule has 1 amide bonds. The van der Waals surface area contributed by atoms with Crippen molar-refractivity contribution in [3.8, 4) is 0 Å². The molecular weight excluding hydrogens is 464 g/mol. The lowest BCUT2D eigenvalue weighted by Crippen LogP contribution is -2.42. The van der Waals surface area contributed by atoms with Crippen LogP contribution < -0.4 is 22.1 Å². The molecule has 0 aliphatic carbocycles. The lowest BCUT2D eigenvalue weighted by molar-refractivity contribution is -0.146. The lowest BCUT2D eigenvalue weighted by atomic mass is 9.90. The number of ether oxygens (including phenoxy) is 2. The van der Waals surface area contributed by atoms with E-state index in [-0.39, 0.29) is 32.0 Å². The smallest absolute Gasteiger partial charge is 0.328 e.